The normalized spacial score (nSPS) is 11.2. The van der Waals surface area contributed by atoms with E-state index < -0.39 is 0 Å². The van der Waals surface area contributed by atoms with Crippen molar-refractivity contribution in [2.45, 2.75) is 4.21 Å². The van der Waals surface area contributed by atoms with Crippen LogP contribution in [0.3, 0.4) is 0 Å². The summed E-state index contributed by atoms with van der Waals surface area (Å²) in [6.45, 7) is 0. The fourth-order valence-electron chi connectivity index (χ4n) is 2.17. The quantitative estimate of drug-likeness (QED) is 0.495. The van der Waals surface area contributed by atoms with Gasteiger partial charge in [0, 0.05) is 20.9 Å². The highest BCUT2D eigenvalue weighted by atomic mass is 32.2. The first-order valence-corrected chi connectivity index (χ1v) is 8.78. The third kappa shape index (κ3) is 2.00. The molecule has 0 bridgehead atoms. The summed E-state index contributed by atoms with van der Waals surface area (Å²) in [5, 5.41) is 2.08. The molecule has 6 heteroatoms. The maximum atomic E-state index is 4.49. The van der Waals surface area contributed by atoms with Crippen LogP contribution in [-0.2, 0) is 0 Å². The van der Waals surface area contributed by atoms with E-state index >= 15 is 0 Å². The summed E-state index contributed by atoms with van der Waals surface area (Å²) in [4.78, 5) is 2.42. The van der Waals surface area contributed by atoms with Gasteiger partial charge in [0.2, 0.25) is 0 Å². The van der Waals surface area contributed by atoms with E-state index in [1.807, 2.05) is 6.07 Å². The summed E-state index contributed by atoms with van der Waals surface area (Å²) >= 11 is 9.05. The van der Waals surface area contributed by atoms with Crippen LogP contribution in [0.25, 0.3) is 31.9 Å². The third-order valence-electron chi connectivity index (χ3n) is 3.06. The molecule has 3 aromatic heterocycles. The lowest BCUT2D eigenvalue weighted by atomic mass is 10.1. The first-order chi connectivity index (χ1) is 9.83. The van der Waals surface area contributed by atoms with Gasteiger partial charge in [0.25, 0.3) is 0 Å². The minimum Gasteiger partial charge on any atom is -0.172 e. The molecule has 3 heterocycles. The Bertz CT molecular complexity index is 874. The van der Waals surface area contributed by atoms with Gasteiger partial charge in [0.05, 0.1) is 15.9 Å². The standard InChI is InChI=1S/C14H8N2S4/c17-12-6-5-11(19-12)9-4-3-8(10-2-1-7-18-10)13-14(9)16-20-15-13/h1-7,17H. The van der Waals surface area contributed by atoms with Crippen LogP contribution in [0.4, 0.5) is 0 Å². The van der Waals surface area contributed by atoms with Gasteiger partial charge < -0.3 is 0 Å². The molecule has 4 rings (SSSR count). The second kappa shape index (κ2) is 4.96. The molecule has 0 unspecified atom stereocenters. The van der Waals surface area contributed by atoms with Gasteiger partial charge in [-0.25, -0.2) is 0 Å². The van der Waals surface area contributed by atoms with Crippen molar-refractivity contribution in [3.8, 4) is 20.9 Å². The Kier molecular flexibility index (Phi) is 3.11. The largest absolute Gasteiger partial charge is 0.172 e. The number of aromatic nitrogens is 2. The van der Waals surface area contributed by atoms with E-state index in [0.717, 1.165) is 26.4 Å². The smallest absolute Gasteiger partial charge is 0.114 e. The monoisotopic (exact) mass is 332 g/mol. The fraction of sp³-hybridized carbons (Fsp3) is 0. The lowest BCUT2D eigenvalue weighted by Crippen LogP contribution is -1.81. The van der Waals surface area contributed by atoms with E-state index in [4.69, 9.17) is 0 Å². The van der Waals surface area contributed by atoms with E-state index in [2.05, 4.69) is 57.1 Å². The molecule has 20 heavy (non-hydrogen) atoms. The Labute approximate surface area is 133 Å². The Morgan fingerprint density at radius 2 is 1.60 bits per heavy atom. The summed E-state index contributed by atoms with van der Waals surface area (Å²) in [6, 6.07) is 12.6. The van der Waals surface area contributed by atoms with Gasteiger partial charge >= 0.3 is 0 Å². The maximum absolute atomic E-state index is 4.49. The van der Waals surface area contributed by atoms with Gasteiger partial charge in [-0.1, -0.05) is 18.2 Å². The summed E-state index contributed by atoms with van der Waals surface area (Å²) in [5.41, 5.74) is 4.27. The minimum absolute atomic E-state index is 0.982. The third-order valence-corrected chi connectivity index (χ3v) is 5.83. The first-order valence-electron chi connectivity index (χ1n) is 5.91. The van der Waals surface area contributed by atoms with Crippen molar-refractivity contribution < 1.29 is 0 Å². The number of nitrogens with zero attached hydrogens (tertiary/aromatic N) is 2. The van der Waals surface area contributed by atoms with Gasteiger partial charge in [-0.3, -0.25) is 0 Å². The van der Waals surface area contributed by atoms with E-state index in [-0.39, 0.29) is 0 Å². The highest BCUT2D eigenvalue weighted by molar-refractivity contribution is 7.83. The van der Waals surface area contributed by atoms with E-state index in [1.54, 1.807) is 22.7 Å². The maximum Gasteiger partial charge on any atom is 0.114 e. The van der Waals surface area contributed by atoms with Crippen molar-refractivity contribution in [3.05, 3.63) is 41.8 Å². The van der Waals surface area contributed by atoms with Gasteiger partial charge in [-0.15, -0.1) is 35.3 Å². The van der Waals surface area contributed by atoms with Gasteiger partial charge in [0.15, 0.2) is 0 Å². The molecule has 0 N–H and O–H groups in total. The highest BCUT2D eigenvalue weighted by Gasteiger charge is 2.14. The molecule has 0 saturated carbocycles. The molecule has 4 aromatic rings. The zero-order chi connectivity index (χ0) is 13.5. The summed E-state index contributed by atoms with van der Waals surface area (Å²) < 4.78 is 9.99. The van der Waals surface area contributed by atoms with Gasteiger partial charge in [-0.05, 0) is 23.6 Å². The summed E-state index contributed by atoms with van der Waals surface area (Å²) in [6.07, 6.45) is 0. The molecule has 0 aliphatic heterocycles. The van der Waals surface area contributed by atoms with Crippen LogP contribution < -0.4 is 0 Å². The molecular formula is C14H8N2S4. The SMILES string of the molecule is Sc1ccc(-c2ccc(-c3cccs3)c3nsnc23)s1. The predicted molar refractivity (Wildman–Crippen MR) is 91.3 cm³/mol. The van der Waals surface area contributed by atoms with E-state index in [0.29, 0.717) is 0 Å². The van der Waals surface area contributed by atoms with Crippen LogP contribution in [0, 0.1) is 0 Å². The summed E-state index contributed by atoms with van der Waals surface area (Å²) in [5.74, 6) is 0. The topological polar surface area (TPSA) is 25.8 Å². The van der Waals surface area contributed by atoms with E-state index in [1.165, 1.54) is 21.5 Å². The van der Waals surface area contributed by atoms with Crippen molar-refractivity contribution in [1.82, 2.24) is 8.75 Å². The molecule has 0 aliphatic carbocycles. The Morgan fingerprint density at radius 1 is 0.850 bits per heavy atom. The Hall–Kier alpha value is -1.21. The first kappa shape index (κ1) is 12.5. The molecule has 0 amide bonds. The average molecular weight is 332 g/mol. The molecule has 0 atom stereocenters. The average Bonchev–Trinajstić information content (AvgIpc) is 3.18. The zero-order valence-electron chi connectivity index (χ0n) is 10.1. The second-order valence-electron chi connectivity index (χ2n) is 4.24. The van der Waals surface area contributed by atoms with Gasteiger partial charge in [0.1, 0.15) is 11.0 Å². The number of thiol groups is 1. The molecule has 2 nitrogen and oxygen atoms in total. The number of benzene rings is 1. The molecule has 0 spiro atoms. The predicted octanol–water partition coefficient (Wildman–Crippen LogP) is 5.44. The second-order valence-corrected chi connectivity index (χ2v) is 7.58. The fourth-order valence-corrected chi connectivity index (χ4v) is 4.64. The van der Waals surface area contributed by atoms with Crippen molar-refractivity contribution in [1.29, 1.82) is 0 Å². The highest BCUT2D eigenvalue weighted by Crippen LogP contribution is 2.38. The summed E-state index contributed by atoms with van der Waals surface area (Å²) in [7, 11) is 0. The van der Waals surface area contributed by atoms with Crippen LogP contribution in [0.5, 0.6) is 0 Å². The lowest BCUT2D eigenvalue weighted by molar-refractivity contribution is 1.63. The number of hydrogen-bond donors (Lipinski definition) is 1. The van der Waals surface area contributed by atoms with Crippen LogP contribution in [0.15, 0.2) is 46.0 Å². The van der Waals surface area contributed by atoms with Crippen molar-refractivity contribution >= 4 is 58.1 Å². The molecule has 0 aliphatic rings. The molecular weight excluding hydrogens is 324 g/mol. The Balaban J connectivity index is 1.98. The van der Waals surface area contributed by atoms with Gasteiger partial charge in [-0.2, -0.15) is 8.75 Å². The van der Waals surface area contributed by atoms with Crippen molar-refractivity contribution in [3.63, 3.8) is 0 Å². The molecule has 0 fully saturated rings. The van der Waals surface area contributed by atoms with Crippen molar-refractivity contribution in [2.75, 3.05) is 0 Å². The van der Waals surface area contributed by atoms with Crippen LogP contribution in [-0.4, -0.2) is 8.75 Å². The van der Waals surface area contributed by atoms with Crippen LogP contribution >= 0.6 is 47.0 Å². The van der Waals surface area contributed by atoms with Crippen LogP contribution in [0.1, 0.15) is 0 Å². The number of thiophene rings is 2. The minimum atomic E-state index is 0.982. The number of fused-ring (bicyclic) bond motifs is 1. The lowest BCUT2D eigenvalue weighted by Gasteiger charge is -2.03. The zero-order valence-corrected chi connectivity index (χ0v) is 13.5. The van der Waals surface area contributed by atoms with E-state index in [9.17, 15) is 0 Å². The van der Waals surface area contributed by atoms with Crippen LogP contribution in [0.2, 0.25) is 0 Å². The number of hydrogen-bond acceptors (Lipinski definition) is 6. The number of rotatable bonds is 2. The molecule has 1 aromatic carbocycles. The molecule has 98 valence electrons. The Morgan fingerprint density at radius 3 is 2.20 bits per heavy atom. The van der Waals surface area contributed by atoms with Crippen molar-refractivity contribution in [2.24, 2.45) is 0 Å². The molecule has 0 saturated heterocycles. The molecule has 0 radical (unpaired) electrons.